The van der Waals surface area contributed by atoms with Crippen molar-refractivity contribution in [2.24, 2.45) is 5.92 Å². The maximum Gasteiger partial charge on any atom is 0.00617 e. The molecule has 0 radical (unpaired) electrons. The van der Waals surface area contributed by atoms with Crippen LogP contribution in [0.5, 0.6) is 0 Å². The number of hydrogen-bond acceptors (Lipinski definition) is 0. The first kappa shape index (κ1) is 16.3. The minimum Gasteiger partial charge on any atom is -0.0946 e. The number of allylic oxidation sites excluding steroid dienone is 6. The monoisotopic (exact) mass is 312 g/mol. The molecule has 0 nitrogen and oxygen atoms in total. The Bertz CT molecular complexity index is 811. The van der Waals surface area contributed by atoms with E-state index in [9.17, 15) is 0 Å². The van der Waals surface area contributed by atoms with Crippen LogP contribution in [-0.2, 0) is 0 Å². The third-order valence-electron chi connectivity index (χ3n) is 4.74. The van der Waals surface area contributed by atoms with Crippen molar-refractivity contribution in [1.29, 1.82) is 0 Å². The van der Waals surface area contributed by atoms with Gasteiger partial charge in [0.1, 0.15) is 0 Å². The van der Waals surface area contributed by atoms with E-state index in [1.165, 1.54) is 33.4 Å². The van der Waals surface area contributed by atoms with Crippen LogP contribution >= 0.6 is 0 Å². The van der Waals surface area contributed by atoms with Crippen LogP contribution in [0.2, 0.25) is 0 Å². The Balaban J connectivity index is 1.76. The summed E-state index contributed by atoms with van der Waals surface area (Å²) < 4.78 is 0. The maximum absolute atomic E-state index is 4.35. The smallest absolute Gasteiger partial charge is 0.00617 e. The summed E-state index contributed by atoms with van der Waals surface area (Å²) in [7, 11) is 0. The number of aryl methyl sites for hydroxylation is 2. The molecule has 2 aromatic carbocycles. The van der Waals surface area contributed by atoms with Crippen LogP contribution in [-0.4, -0.2) is 0 Å². The van der Waals surface area contributed by atoms with E-state index in [0.717, 1.165) is 12.0 Å². The van der Waals surface area contributed by atoms with E-state index in [4.69, 9.17) is 0 Å². The first-order chi connectivity index (χ1) is 11.5. The maximum atomic E-state index is 4.35. The lowest BCUT2D eigenvalue weighted by Crippen LogP contribution is -2.05. The molecule has 0 saturated heterocycles. The molecule has 1 aliphatic carbocycles. The van der Waals surface area contributed by atoms with E-state index >= 15 is 0 Å². The van der Waals surface area contributed by atoms with Gasteiger partial charge in [0, 0.05) is 5.92 Å². The van der Waals surface area contributed by atoms with E-state index in [1.54, 1.807) is 0 Å². The molecule has 0 aromatic heterocycles. The minimum absolute atomic E-state index is 0.329. The van der Waals surface area contributed by atoms with E-state index in [2.05, 4.69) is 93.8 Å². The molecule has 3 rings (SSSR count). The zero-order valence-electron chi connectivity index (χ0n) is 14.5. The second-order valence-corrected chi connectivity index (χ2v) is 6.62. The molecular formula is C24H24. The lowest BCUT2D eigenvalue weighted by atomic mass is 9.82. The predicted molar refractivity (Wildman–Crippen MR) is 106 cm³/mol. The van der Waals surface area contributed by atoms with Crippen LogP contribution in [0.3, 0.4) is 0 Å². The number of benzene rings is 2. The van der Waals surface area contributed by atoms with Crippen molar-refractivity contribution in [1.82, 2.24) is 0 Å². The van der Waals surface area contributed by atoms with Gasteiger partial charge in [0.2, 0.25) is 0 Å². The van der Waals surface area contributed by atoms with E-state index in [1.807, 2.05) is 0 Å². The molecule has 0 N–H and O–H groups in total. The normalized spacial score (nSPS) is 16.6. The summed E-state index contributed by atoms with van der Waals surface area (Å²) in [6.07, 6.45) is 7.52. The second-order valence-electron chi connectivity index (χ2n) is 6.62. The fourth-order valence-corrected chi connectivity index (χ4v) is 3.06. The summed E-state index contributed by atoms with van der Waals surface area (Å²) in [5.41, 5.74) is 8.54. The quantitative estimate of drug-likeness (QED) is 0.602. The minimum atomic E-state index is 0.329. The highest BCUT2D eigenvalue weighted by molar-refractivity contribution is 5.79. The molecule has 0 saturated carbocycles. The van der Waals surface area contributed by atoms with E-state index < -0.39 is 0 Å². The molecule has 24 heavy (non-hydrogen) atoms. The zero-order chi connectivity index (χ0) is 17.1. The van der Waals surface area contributed by atoms with Crippen LogP contribution in [0.15, 0.2) is 85.5 Å². The molecule has 0 spiro atoms. The van der Waals surface area contributed by atoms with Gasteiger partial charge in [0.25, 0.3) is 0 Å². The average molecular weight is 312 g/mol. The number of hydrogen-bond donors (Lipinski definition) is 0. The average Bonchev–Trinajstić information content (AvgIpc) is 2.62. The standard InChI is InChI=1S/C24H24/c1-17-8-12-21(13-9-17)19(3)23-6-5-7-24(16-23)20(4)22-14-10-18(2)11-15-22/h5-15,23H,3-4,16H2,1-2H3. The van der Waals surface area contributed by atoms with Crippen molar-refractivity contribution in [3.05, 3.63) is 108 Å². The van der Waals surface area contributed by atoms with Gasteiger partial charge in [-0.1, -0.05) is 91.0 Å². The summed E-state index contributed by atoms with van der Waals surface area (Å²) in [6, 6.07) is 17.2. The Hall–Kier alpha value is -2.60. The van der Waals surface area contributed by atoms with E-state index in [-0.39, 0.29) is 0 Å². The fourth-order valence-electron chi connectivity index (χ4n) is 3.06. The van der Waals surface area contributed by atoms with Crippen LogP contribution in [0.25, 0.3) is 11.1 Å². The molecular weight excluding hydrogens is 288 g/mol. The Morgan fingerprint density at radius 3 is 1.96 bits per heavy atom. The Morgan fingerprint density at radius 1 is 0.833 bits per heavy atom. The third kappa shape index (κ3) is 3.49. The van der Waals surface area contributed by atoms with Gasteiger partial charge < -0.3 is 0 Å². The first-order valence-electron chi connectivity index (χ1n) is 8.44. The lowest BCUT2D eigenvalue weighted by molar-refractivity contribution is 0.822. The van der Waals surface area contributed by atoms with Crippen molar-refractivity contribution in [3.8, 4) is 0 Å². The molecule has 0 aliphatic heterocycles. The van der Waals surface area contributed by atoms with Gasteiger partial charge in [-0.3, -0.25) is 0 Å². The Kier molecular flexibility index (Phi) is 4.66. The molecule has 0 amide bonds. The largest absolute Gasteiger partial charge is 0.0946 e. The van der Waals surface area contributed by atoms with Crippen molar-refractivity contribution >= 4 is 11.1 Å². The third-order valence-corrected chi connectivity index (χ3v) is 4.74. The van der Waals surface area contributed by atoms with Crippen LogP contribution in [0.1, 0.15) is 28.7 Å². The summed E-state index contributed by atoms with van der Waals surface area (Å²) in [5.74, 6) is 0.329. The lowest BCUT2D eigenvalue weighted by Gasteiger charge is -2.22. The highest BCUT2D eigenvalue weighted by Crippen LogP contribution is 2.35. The zero-order valence-corrected chi connectivity index (χ0v) is 14.5. The van der Waals surface area contributed by atoms with Crippen molar-refractivity contribution in [2.45, 2.75) is 20.3 Å². The molecule has 1 unspecified atom stereocenters. The van der Waals surface area contributed by atoms with Gasteiger partial charge in [0.05, 0.1) is 0 Å². The van der Waals surface area contributed by atoms with Gasteiger partial charge in [0.15, 0.2) is 0 Å². The highest BCUT2D eigenvalue weighted by Gasteiger charge is 2.18. The van der Waals surface area contributed by atoms with Crippen molar-refractivity contribution in [3.63, 3.8) is 0 Å². The van der Waals surface area contributed by atoms with Gasteiger partial charge >= 0.3 is 0 Å². The molecule has 2 aromatic rings. The van der Waals surface area contributed by atoms with Crippen LogP contribution in [0.4, 0.5) is 0 Å². The van der Waals surface area contributed by atoms with Crippen LogP contribution in [0, 0.1) is 19.8 Å². The molecule has 0 heteroatoms. The number of rotatable bonds is 4. The Labute approximate surface area is 145 Å². The van der Waals surface area contributed by atoms with E-state index in [0.29, 0.717) is 5.92 Å². The molecule has 120 valence electrons. The first-order valence-corrected chi connectivity index (χ1v) is 8.44. The van der Waals surface area contributed by atoms with Crippen molar-refractivity contribution in [2.75, 3.05) is 0 Å². The molecule has 1 atom stereocenters. The second kappa shape index (κ2) is 6.88. The van der Waals surface area contributed by atoms with Gasteiger partial charge in [-0.05, 0) is 48.1 Å². The van der Waals surface area contributed by atoms with Gasteiger partial charge in [-0.25, -0.2) is 0 Å². The highest BCUT2D eigenvalue weighted by atomic mass is 14.2. The SMILES string of the molecule is C=C(C1=CC=CC(C(=C)c2ccc(C)cc2)C1)c1ccc(C)cc1. The summed E-state index contributed by atoms with van der Waals surface area (Å²) in [4.78, 5) is 0. The summed E-state index contributed by atoms with van der Waals surface area (Å²) in [5, 5.41) is 0. The topological polar surface area (TPSA) is 0 Å². The van der Waals surface area contributed by atoms with Gasteiger partial charge in [-0.15, -0.1) is 0 Å². The predicted octanol–water partition coefficient (Wildman–Crippen LogP) is 6.53. The van der Waals surface area contributed by atoms with Crippen LogP contribution < -0.4 is 0 Å². The van der Waals surface area contributed by atoms with Crippen molar-refractivity contribution < 1.29 is 0 Å². The summed E-state index contributed by atoms with van der Waals surface area (Å²) in [6.45, 7) is 12.9. The fraction of sp³-hybridized carbons (Fsp3) is 0.167. The molecule has 0 fully saturated rings. The van der Waals surface area contributed by atoms with Gasteiger partial charge in [-0.2, -0.15) is 0 Å². The molecule has 1 aliphatic rings. The summed E-state index contributed by atoms with van der Waals surface area (Å²) >= 11 is 0. The molecule has 0 bridgehead atoms. The molecule has 0 heterocycles. The Morgan fingerprint density at radius 2 is 1.38 bits per heavy atom.